The molecule has 1 heterocycles. The third-order valence-corrected chi connectivity index (χ3v) is 4.29. The van der Waals surface area contributed by atoms with Crippen LogP contribution in [0.2, 0.25) is 0 Å². The fourth-order valence-corrected chi connectivity index (χ4v) is 3.37. The number of amidine groups is 1. The van der Waals surface area contributed by atoms with E-state index in [-0.39, 0.29) is 24.3 Å². The molecule has 1 fully saturated rings. The number of rotatable bonds is 7. The molecular formula is C13H19N3O4S. The Kier molecular flexibility index (Phi) is 5.03. The Morgan fingerprint density at radius 3 is 3.00 bits per heavy atom. The molecule has 1 atom stereocenters. The minimum absolute atomic E-state index is 0.0356. The monoisotopic (exact) mass is 313 g/mol. The molecule has 0 saturated carbocycles. The summed E-state index contributed by atoms with van der Waals surface area (Å²) in [5.74, 6) is 0.299. The van der Waals surface area contributed by atoms with Crippen molar-refractivity contribution in [3.63, 3.8) is 0 Å². The highest BCUT2D eigenvalue weighted by atomic mass is 32.2. The second kappa shape index (κ2) is 6.77. The van der Waals surface area contributed by atoms with Crippen LogP contribution in [0.1, 0.15) is 12.8 Å². The summed E-state index contributed by atoms with van der Waals surface area (Å²) in [5.41, 5.74) is 5.62. The smallest absolute Gasteiger partial charge is 0.235 e. The zero-order valence-electron chi connectivity index (χ0n) is 11.5. The molecule has 1 aliphatic heterocycles. The van der Waals surface area contributed by atoms with Crippen LogP contribution in [0.15, 0.2) is 24.3 Å². The molecule has 7 nitrogen and oxygen atoms in total. The van der Waals surface area contributed by atoms with Gasteiger partial charge in [0.1, 0.15) is 18.2 Å². The molecule has 1 unspecified atom stereocenters. The molecule has 0 bridgehead atoms. The molecule has 2 rings (SSSR count). The SMILES string of the molecule is N=C(N)COc1cccc(NS(=O)(=O)CC2CCCO2)c1. The summed E-state index contributed by atoms with van der Waals surface area (Å²) in [5, 5.41) is 7.09. The van der Waals surface area contributed by atoms with Crippen LogP contribution in [-0.4, -0.2) is 39.3 Å². The first-order chi connectivity index (χ1) is 9.94. The van der Waals surface area contributed by atoms with Crippen molar-refractivity contribution in [3.8, 4) is 5.75 Å². The maximum atomic E-state index is 12.0. The summed E-state index contributed by atoms with van der Waals surface area (Å²) in [6.07, 6.45) is 1.43. The van der Waals surface area contributed by atoms with Gasteiger partial charge in [0.25, 0.3) is 0 Å². The van der Waals surface area contributed by atoms with Gasteiger partial charge >= 0.3 is 0 Å². The lowest BCUT2D eigenvalue weighted by atomic mass is 10.3. The van der Waals surface area contributed by atoms with Crippen LogP contribution < -0.4 is 15.2 Å². The number of hydrogen-bond donors (Lipinski definition) is 3. The molecule has 0 radical (unpaired) electrons. The quantitative estimate of drug-likeness (QED) is 0.511. The van der Waals surface area contributed by atoms with E-state index in [1.807, 2.05) is 0 Å². The molecule has 0 amide bonds. The first kappa shape index (κ1) is 15.6. The largest absolute Gasteiger partial charge is 0.486 e. The Hall–Kier alpha value is -1.80. The Labute approximate surface area is 124 Å². The predicted molar refractivity (Wildman–Crippen MR) is 80.2 cm³/mol. The van der Waals surface area contributed by atoms with E-state index in [1.165, 1.54) is 0 Å². The van der Waals surface area contributed by atoms with Crippen LogP contribution in [0.25, 0.3) is 0 Å². The number of sulfonamides is 1. The summed E-state index contributed by atoms with van der Waals surface area (Å²) in [6.45, 7) is 0.584. The number of nitrogens with two attached hydrogens (primary N) is 1. The van der Waals surface area contributed by atoms with Crippen LogP contribution in [0, 0.1) is 5.41 Å². The zero-order valence-corrected chi connectivity index (χ0v) is 12.4. The highest BCUT2D eigenvalue weighted by Crippen LogP contribution is 2.20. The first-order valence-corrected chi connectivity index (χ1v) is 8.28. The van der Waals surface area contributed by atoms with E-state index >= 15 is 0 Å². The van der Waals surface area contributed by atoms with E-state index in [0.29, 0.717) is 18.0 Å². The van der Waals surface area contributed by atoms with E-state index in [0.717, 1.165) is 12.8 Å². The summed E-state index contributed by atoms with van der Waals surface area (Å²) in [7, 11) is -3.46. The predicted octanol–water partition coefficient (Wildman–Crippen LogP) is 0.922. The van der Waals surface area contributed by atoms with Crippen LogP contribution >= 0.6 is 0 Å². The number of benzene rings is 1. The Bertz CT molecular complexity index is 597. The van der Waals surface area contributed by atoms with Crippen LogP contribution in [0.3, 0.4) is 0 Å². The third kappa shape index (κ3) is 5.24. The van der Waals surface area contributed by atoms with E-state index in [9.17, 15) is 8.42 Å². The maximum Gasteiger partial charge on any atom is 0.235 e. The van der Waals surface area contributed by atoms with Crippen molar-refractivity contribution in [3.05, 3.63) is 24.3 Å². The molecule has 1 saturated heterocycles. The Morgan fingerprint density at radius 2 is 2.33 bits per heavy atom. The minimum Gasteiger partial charge on any atom is -0.486 e. The minimum atomic E-state index is -3.46. The highest BCUT2D eigenvalue weighted by Gasteiger charge is 2.23. The van der Waals surface area contributed by atoms with Crippen molar-refractivity contribution in [1.82, 2.24) is 0 Å². The summed E-state index contributed by atoms with van der Waals surface area (Å²) in [4.78, 5) is 0. The first-order valence-electron chi connectivity index (χ1n) is 6.62. The number of hydrogen-bond acceptors (Lipinski definition) is 5. The molecule has 4 N–H and O–H groups in total. The van der Waals surface area contributed by atoms with Gasteiger partial charge < -0.3 is 15.2 Å². The third-order valence-electron chi connectivity index (χ3n) is 2.93. The highest BCUT2D eigenvalue weighted by molar-refractivity contribution is 7.92. The van der Waals surface area contributed by atoms with Crippen LogP contribution in [-0.2, 0) is 14.8 Å². The average Bonchev–Trinajstić information content (AvgIpc) is 2.88. The normalized spacial score (nSPS) is 18.4. The van der Waals surface area contributed by atoms with Gasteiger partial charge in [0, 0.05) is 12.7 Å². The fraction of sp³-hybridized carbons (Fsp3) is 0.462. The summed E-state index contributed by atoms with van der Waals surface area (Å²) >= 11 is 0. The topological polar surface area (TPSA) is 115 Å². The Morgan fingerprint density at radius 1 is 1.52 bits per heavy atom. The van der Waals surface area contributed by atoms with E-state index < -0.39 is 10.0 Å². The molecule has 0 spiro atoms. The number of anilines is 1. The molecule has 21 heavy (non-hydrogen) atoms. The summed E-state index contributed by atoms with van der Waals surface area (Å²) in [6, 6.07) is 6.52. The maximum absolute atomic E-state index is 12.0. The molecule has 0 aromatic heterocycles. The molecule has 1 aromatic rings. The zero-order chi connectivity index (χ0) is 15.3. The fourth-order valence-electron chi connectivity index (χ4n) is 2.05. The van der Waals surface area contributed by atoms with E-state index in [4.69, 9.17) is 20.6 Å². The van der Waals surface area contributed by atoms with Crippen LogP contribution in [0.5, 0.6) is 5.75 Å². The van der Waals surface area contributed by atoms with E-state index in [1.54, 1.807) is 24.3 Å². The van der Waals surface area contributed by atoms with Crippen molar-refractivity contribution in [2.24, 2.45) is 5.73 Å². The van der Waals surface area contributed by atoms with Crippen LogP contribution in [0.4, 0.5) is 5.69 Å². The standard InChI is InChI=1S/C13H19N3O4S/c14-13(15)8-20-11-4-1-3-10(7-11)16-21(17,18)9-12-5-2-6-19-12/h1,3-4,7,12,16H,2,5-6,8-9H2,(H3,14,15). The van der Waals surface area contributed by atoms with Gasteiger partial charge in [-0.3, -0.25) is 10.1 Å². The Balaban J connectivity index is 1.97. The van der Waals surface area contributed by atoms with Gasteiger partial charge in [0.15, 0.2) is 0 Å². The molecule has 1 aliphatic rings. The van der Waals surface area contributed by atoms with Crippen molar-refractivity contribution in [2.45, 2.75) is 18.9 Å². The van der Waals surface area contributed by atoms with Gasteiger partial charge in [-0.1, -0.05) is 6.07 Å². The molecule has 116 valence electrons. The lowest BCUT2D eigenvalue weighted by molar-refractivity contribution is 0.127. The van der Waals surface area contributed by atoms with Crippen molar-refractivity contribution in [2.75, 3.05) is 23.7 Å². The van der Waals surface area contributed by atoms with E-state index in [2.05, 4.69) is 4.72 Å². The van der Waals surface area contributed by atoms with Crippen molar-refractivity contribution < 1.29 is 17.9 Å². The van der Waals surface area contributed by atoms with Gasteiger partial charge in [-0.05, 0) is 25.0 Å². The van der Waals surface area contributed by atoms with Gasteiger partial charge in [0.05, 0.1) is 17.5 Å². The van der Waals surface area contributed by atoms with Gasteiger partial charge in [-0.2, -0.15) is 0 Å². The molecule has 8 heteroatoms. The number of nitrogens with one attached hydrogen (secondary N) is 2. The van der Waals surface area contributed by atoms with Gasteiger partial charge in [-0.25, -0.2) is 8.42 Å². The average molecular weight is 313 g/mol. The molecular weight excluding hydrogens is 294 g/mol. The van der Waals surface area contributed by atoms with Crippen molar-refractivity contribution >= 4 is 21.5 Å². The summed E-state index contributed by atoms with van der Waals surface area (Å²) < 4.78 is 37.2. The van der Waals surface area contributed by atoms with Gasteiger partial charge in [0.2, 0.25) is 10.0 Å². The lowest BCUT2D eigenvalue weighted by Gasteiger charge is -2.13. The second-order valence-corrected chi connectivity index (χ2v) is 6.63. The molecule has 1 aromatic carbocycles. The van der Waals surface area contributed by atoms with Gasteiger partial charge in [-0.15, -0.1) is 0 Å². The second-order valence-electron chi connectivity index (χ2n) is 4.86. The van der Waals surface area contributed by atoms with Crippen molar-refractivity contribution in [1.29, 1.82) is 5.41 Å². The molecule has 0 aliphatic carbocycles. The lowest BCUT2D eigenvalue weighted by Crippen LogP contribution is -2.25. The number of ether oxygens (including phenoxy) is 2.